The second-order valence-electron chi connectivity index (χ2n) is 16.7. The average Bonchev–Trinajstić information content (AvgIpc) is 3.32. The lowest BCUT2D eigenvalue weighted by atomic mass is 10.1. The van der Waals surface area contributed by atoms with Gasteiger partial charge in [-0.3, -0.25) is 18.6 Å². The van der Waals surface area contributed by atoms with Gasteiger partial charge in [-0.25, -0.2) is 4.57 Å². The molecule has 0 spiro atoms. The van der Waals surface area contributed by atoms with Gasteiger partial charge in [0.1, 0.15) is 6.61 Å². The number of carbonyl (C=O) groups excluding carboxylic acids is 2. The fourth-order valence-corrected chi connectivity index (χ4v) is 7.28. The number of ether oxygens (including phenoxy) is 2. The van der Waals surface area contributed by atoms with E-state index in [0.29, 0.717) is 12.8 Å². The summed E-state index contributed by atoms with van der Waals surface area (Å²) in [5.74, 6) is -0.865. The van der Waals surface area contributed by atoms with Crippen molar-refractivity contribution in [1.82, 2.24) is 0 Å². The first-order chi connectivity index (χ1) is 32.8. The Balaban J connectivity index is 4.05. The summed E-state index contributed by atoms with van der Waals surface area (Å²) in [7, 11) is -4.39. The maximum Gasteiger partial charge on any atom is 0.472 e. The second-order valence-corrected chi connectivity index (χ2v) is 18.1. The number of allylic oxidation sites excluding steroid dienone is 20. The molecule has 0 aliphatic carbocycles. The number of phosphoric ester groups is 1. The van der Waals surface area contributed by atoms with Gasteiger partial charge in [0, 0.05) is 19.4 Å². The molecule has 0 aromatic carbocycles. The Bertz CT molecular complexity index is 1500. The van der Waals surface area contributed by atoms with E-state index in [1.165, 1.54) is 32.1 Å². The largest absolute Gasteiger partial charge is 0.472 e. The smallest absolute Gasteiger partial charge is 0.462 e. The van der Waals surface area contributed by atoms with E-state index in [9.17, 15) is 19.0 Å². The molecule has 0 aromatic rings. The minimum atomic E-state index is -4.39. The van der Waals surface area contributed by atoms with Gasteiger partial charge < -0.3 is 20.1 Å². The predicted octanol–water partition coefficient (Wildman–Crippen LogP) is 16.1. The van der Waals surface area contributed by atoms with Crippen molar-refractivity contribution in [2.24, 2.45) is 5.73 Å². The molecule has 380 valence electrons. The highest BCUT2D eigenvalue weighted by atomic mass is 31.2. The van der Waals surface area contributed by atoms with Crippen LogP contribution in [-0.2, 0) is 32.7 Å². The third-order valence-corrected chi connectivity index (χ3v) is 11.3. The van der Waals surface area contributed by atoms with E-state index in [1.807, 2.05) is 0 Å². The number of hydrogen-bond donors (Lipinski definition) is 2. The van der Waals surface area contributed by atoms with Crippen LogP contribution in [0.4, 0.5) is 0 Å². The molecule has 0 bridgehead atoms. The van der Waals surface area contributed by atoms with Gasteiger partial charge in [-0.1, -0.05) is 200 Å². The van der Waals surface area contributed by atoms with Gasteiger partial charge >= 0.3 is 19.8 Å². The highest BCUT2D eigenvalue weighted by molar-refractivity contribution is 7.47. The Labute approximate surface area is 409 Å². The number of phosphoric acid groups is 1. The van der Waals surface area contributed by atoms with E-state index in [-0.39, 0.29) is 32.6 Å². The third kappa shape index (κ3) is 51.6. The van der Waals surface area contributed by atoms with Crippen LogP contribution in [0, 0.1) is 0 Å². The standard InChI is InChI=1S/C57H94NO8P/c1-3-5-7-9-11-13-15-17-18-19-20-21-22-23-24-25-26-27-28-29-30-31-32-33-34-35-36-38-40-42-44-46-48-50-57(60)66-55(54-65-67(61,62)64-52-51-58)53-63-56(59)49-47-45-43-41-39-37-16-14-12-10-8-6-4-2/h5,7-8,10-11,13-14,16-18,20-21,23-24,26-27,29-30,32-33,55H,3-4,6,9,12,15,19,22,25,28,31,34-54,58H2,1-2H3,(H,61,62)/b7-5-,10-8-,13-11-,16-14-,18-17-,21-20-,24-23-,27-26-,30-29-,33-32-. The lowest BCUT2D eigenvalue weighted by molar-refractivity contribution is -0.161. The van der Waals surface area contributed by atoms with Crippen molar-refractivity contribution in [2.75, 3.05) is 26.4 Å². The van der Waals surface area contributed by atoms with Crippen molar-refractivity contribution in [1.29, 1.82) is 0 Å². The molecule has 0 amide bonds. The van der Waals surface area contributed by atoms with Crippen molar-refractivity contribution in [3.05, 3.63) is 122 Å². The summed E-state index contributed by atoms with van der Waals surface area (Å²) in [5, 5.41) is 0. The Kier molecular flexibility index (Phi) is 49.0. The average molecular weight is 952 g/mol. The molecule has 2 atom stereocenters. The maximum atomic E-state index is 12.7. The molecule has 10 heteroatoms. The first-order valence-corrected chi connectivity index (χ1v) is 27.5. The molecule has 0 radical (unpaired) electrons. The molecule has 0 aliphatic rings. The van der Waals surface area contributed by atoms with E-state index in [0.717, 1.165) is 122 Å². The molecule has 0 fully saturated rings. The van der Waals surface area contributed by atoms with Crippen molar-refractivity contribution in [3.63, 3.8) is 0 Å². The summed E-state index contributed by atoms with van der Waals surface area (Å²) >= 11 is 0. The van der Waals surface area contributed by atoms with Gasteiger partial charge in [0.05, 0.1) is 13.2 Å². The predicted molar refractivity (Wildman–Crippen MR) is 284 cm³/mol. The summed E-state index contributed by atoms with van der Waals surface area (Å²) in [6, 6.07) is 0. The van der Waals surface area contributed by atoms with Gasteiger partial charge in [-0.05, 0) is 103 Å². The third-order valence-electron chi connectivity index (χ3n) is 10.3. The fraction of sp³-hybridized carbons (Fsp3) is 0.614. The normalized spacial score (nSPS) is 14.1. The molecule has 0 aliphatic heterocycles. The Morgan fingerprint density at radius 3 is 1.22 bits per heavy atom. The molecule has 0 saturated carbocycles. The van der Waals surface area contributed by atoms with Gasteiger partial charge in [-0.15, -0.1) is 0 Å². The minimum Gasteiger partial charge on any atom is -0.462 e. The highest BCUT2D eigenvalue weighted by Crippen LogP contribution is 2.43. The molecule has 0 heterocycles. The molecule has 0 rings (SSSR count). The monoisotopic (exact) mass is 952 g/mol. The number of carbonyl (C=O) groups is 2. The Morgan fingerprint density at radius 1 is 0.463 bits per heavy atom. The summed E-state index contributed by atoms with van der Waals surface area (Å²) in [6.07, 6.45) is 71.0. The topological polar surface area (TPSA) is 134 Å². The van der Waals surface area contributed by atoms with Crippen LogP contribution in [0.25, 0.3) is 0 Å². The SMILES string of the molecule is CC/C=C\C/C=C\C/C=C\C/C=C\C/C=C\C/C=C\C/C=C\C/C=C\CCCCCCCCCCC(=O)OC(COC(=O)CCCCCCC/C=C\C/C=C\CCC)COP(=O)(O)OCCN. The van der Waals surface area contributed by atoms with Crippen LogP contribution in [0.3, 0.4) is 0 Å². The lowest BCUT2D eigenvalue weighted by Crippen LogP contribution is -2.29. The Hall–Kier alpha value is -3.59. The van der Waals surface area contributed by atoms with E-state index in [2.05, 4.69) is 135 Å². The van der Waals surface area contributed by atoms with Crippen LogP contribution in [-0.4, -0.2) is 49.3 Å². The summed E-state index contributed by atoms with van der Waals surface area (Å²) in [6.45, 7) is 3.51. The molecule has 2 unspecified atom stereocenters. The van der Waals surface area contributed by atoms with Crippen molar-refractivity contribution < 1.29 is 37.6 Å². The van der Waals surface area contributed by atoms with Gasteiger partial charge in [-0.2, -0.15) is 0 Å². The first-order valence-electron chi connectivity index (χ1n) is 26.0. The van der Waals surface area contributed by atoms with Gasteiger partial charge in [0.15, 0.2) is 6.10 Å². The van der Waals surface area contributed by atoms with Crippen molar-refractivity contribution in [2.45, 2.75) is 200 Å². The van der Waals surface area contributed by atoms with Crippen LogP contribution in [0.5, 0.6) is 0 Å². The van der Waals surface area contributed by atoms with Crippen molar-refractivity contribution in [3.8, 4) is 0 Å². The van der Waals surface area contributed by atoms with Gasteiger partial charge in [0.2, 0.25) is 0 Å². The van der Waals surface area contributed by atoms with Crippen LogP contribution in [0.2, 0.25) is 0 Å². The van der Waals surface area contributed by atoms with Crippen LogP contribution in [0.15, 0.2) is 122 Å². The highest BCUT2D eigenvalue weighted by Gasteiger charge is 2.26. The molecule has 0 aromatic heterocycles. The van der Waals surface area contributed by atoms with Gasteiger partial charge in [0.25, 0.3) is 0 Å². The van der Waals surface area contributed by atoms with E-state index >= 15 is 0 Å². The summed E-state index contributed by atoms with van der Waals surface area (Å²) < 4.78 is 32.9. The molecule has 0 saturated heterocycles. The zero-order valence-electron chi connectivity index (χ0n) is 42.1. The molecule has 67 heavy (non-hydrogen) atoms. The number of esters is 2. The lowest BCUT2D eigenvalue weighted by Gasteiger charge is -2.19. The van der Waals surface area contributed by atoms with E-state index in [1.54, 1.807) is 0 Å². The number of nitrogens with two attached hydrogens (primary N) is 1. The molecular formula is C57H94NO8P. The first kappa shape index (κ1) is 63.4. The number of rotatable bonds is 47. The Morgan fingerprint density at radius 2 is 0.821 bits per heavy atom. The maximum absolute atomic E-state index is 12.7. The summed E-state index contributed by atoms with van der Waals surface area (Å²) in [5.41, 5.74) is 5.36. The van der Waals surface area contributed by atoms with E-state index < -0.39 is 32.5 Å². The van der Waals surface area contributed by atoms with Crippen LogP contribution < -0.4 is 5.73 Å². The fourth-order valence-electron chi connectivity index (χ4n) is 6.51. The minimum absolute atomic E-state index is 0.0435. The van der Waals surface area contributed by atoms with Crippen LogP contribution >= 0.6 is 7.82 Å². The second kappa shape index (κ2) is 51.8. The molecule has 3 N–H and O–H groups in total. The summed E-state index contributed by atoms with van der Waals surface area (Å²) in [4.78, 5) is 35.0. The van der Waals surface area contributed by atoms with Crippen LogP contribution in [0.1, 0.15) is 194 Å². The zero-order chi connectivity index (χ0) is 48.8. The van der Waals surface area contributed by atoms with E-state index in [4.69, 9.17) is 24.3 Å². The van der Waals surface area contributed by atoms with Crippen molar-refractivity contribution >= 4 is 19.8 Å². The quantitative estimate of drug-likeness (QED) is 0.0265. The molecule has 9 nitrogen and oxygen atoms in total. The zero-order valence-corrected chi connectivity index (χ0v) is 43.0. The molecular weight excluding hydrogens is 858 g/mol. The number of hydrogen-bond acceptors (Lipinski definition) is 8. The number of unbranched alkanes of at least 4 members (excludes halogenated alkanes) is 14.